The average Bonchev–Trinajstić information content (AvgIpc) is 3.03. The largest absolute Gasteiger partial charge is 0.496 e. The molecule has 3 aromatic rings. The molecule has 0 radical (unpaired) electrons. The van der Waals surface area contributed by atoms with Crippen molar-refractivity contribution < 1.29 is 18.5 Å². The van der Waals surface area contributed by atoms with Crippen molar-refractivity contribution in [2.75, 3.05) is 5.32 Å². The number of carbonyl (C=O) groups is 1. The van der Waals surface area contributed by atoms with E-state index in [4.69, 9.17) is 20.9 Å². The second kappa shape index (κ2) is 9.27. The highest BCUT2D eigenvalue weighted by molar-refractivity contribution is 6.66. The summed E-state index contributed by atoms with van der Waals surface area (Å²) in [6.07, 6.45) is 1.15. The number of aryl methyl sites for hydroxylation is 1. The van der Waals surface area contributed by atoms with Crippen LogP contribution < -0.4 is 22.0 Å². The van der Waals surface area contributed by atoms with Gasteiger partial charge in [0.05, 0.1) is 11.2 Å². The third-order valence-electron chi connectivity index (χ3n) is 7.14. The van der Waals surface area contributed by atoms with Crippen molar-refractivity contribution in [1.82, 2.24) is 9.13 Å². The summed E-state index contributed by atoms with van der Waals surface area (Å²) in [4.78, 5) is 37.4. The molecule has 0 bridgehead atoms. The summed E-state index contributed by atoms with van der Waals surface area (Å²) in [7, 11) is 1.99. The van der Waals surface area contributed by atoms with Crippen LogP contribution in [0.2, 0.25) is 5.02 Å². The lowest BCUT2D eigenvalue weighted by Gasteiger charge is -2.32. The Kier molecular flexibility index (Phi) is 6.73. The minimum Gasteiger partial charge on any atom is -0.399 e. The van der Waals surface area contributed by atoms with Gasteiger partial charge in [-0.1, -0.05) is 29.8 Å². The highest BCUT2D eigenvalue weighted by Crippen LogP contribution is 2.39. The Morgan fingerprint density at radius 1 is 1.05 bits per heavy atom. The number of hydrogen-bond acceptors (Lipinski definition) is 5. The number of nitrogens with one attached hydrogen (secondary N) is 1. The maximum Gasteiger partial charge on any atom is 0.496 e. The molecule has 0 aliphatic carbocycles. The van der Waals surface area contributed by atoms with E-state index in [0.29, 0.717) is 27.2 Å². The van der Waals surface area contributed by atoms with E-state index < -0.39 is 41.3 Å². The zero-order chi connectivity index (χ0) is 27.4. The average molecular weight is 528 g/mol. The summed E-state index contributed by atoms with van der Waals surface area (Å²) in [5.41, 5.74) is -0.446. The lowest BCUT2D eigenvalue weighted by Crippen LogP contribution is -2.41. The fourth-order valence-electron chi connectivity index (χ4n) is 4.15. The Hall–Kier alpha value is -3.21. The first-order valence-electron chi connectivity index (χ1n) is 11.7. The van der Waals surface area contributed by atoms with Gasteiger partial charge in [0.1, 0.15) is 11.4 Å². The smallest absolute Gasteiger partial charge is 0.399 e. The molecule has 8 nitrogen and oxygen atoms in total. The van der Waals surface area contributed by atoms with Crippen LogP contribution in [-0.4, -0.2) is 33.4 Å². The zero-order valence-electron chi connectivity index (χ0n) is 21.7. The van der Waals surface area contributed by atoms with Gasteiger partial charge in [-0.05, 0) is 57.9 Å². The molecule has 1 saturated heterocycles. The van der Waals surface area contributed by atoms with E-state index in [1.54, 1.807) is 25.1 Å². The van der Waals surface area contributed by atoms with Crippen LogP contribution >= 0.6 is 11.6 Å². The molecule has 1 fully saturated rings. The topological polar surface area (TPSA) is 91.6 Å². The molecule has 0 unspecified atom stereocenters. The van der Waals surface area contributed by atoms with E-state index in [-0.39, 0.29) is 11.3 Å². The molecule has 1 amide bonds. The number of nitrogens with zero attached hydrogens (tertiary/aromatic N) is 2. The van der Waals surface area contributed by atoms with Crippen molar-refractivity contribution >= 4 is 35.8 Å². The number of halogens is 2. The number of hydrogen-bond donors (Lipinski definition) is 1. The molecule has 0 saturated carbocycles. The SMILES string of the molecule is Cc1c(NC(=O)c2cn(C)c(=O)n(C)c2=O)cc(F)cc1-c1cccc(B2OC(C)(C)C(C)(C)O2)c1Cl. The van der Waals surface area contributed by atoms with E-state index in [1.807, 2.05) is 27.7 Å². The highest BCUT2D eigenvalue weighted by Gasteiger charge is 2.52. The van der Waals surface area contributed by atoms with Gasteiger partial charge in [0.15, 0.2) is 0 Å². The Morgan fingerprint density at radius 3 is 2.30 bits per heavy atom. The monoisotopic (exact) mass is 527 g/mol. The van der Waals surface area contributed by atoms with Crippen molar-refractivity contribution in [3.63, 3.8) is 0 Å². The Balaban J connectivity index is 1.74. The van der Waals surface area contributed by atoms with E-state index in [9.17, 15) is 18.8 Å². The molecule has 1 N–H and O–H groups in total. The number of rotatable bonds is 4. The molecule has 2 aromatic carbocycles. The van der Waals surface area contributed by atoms with Gasteiger partial charge in [-0.3, -0.25) is 14.2 Å². The predicted octanol–water partition coefficient (Wildman–Crippen LogP) is 3.40. The third kappa shape index (κ3) is 4.65. The quantitative estimate of drug-likeness (QED) is 0.525. The molecule has 2 heterocycles. The second-order valence-corrected chi connectivity index (χ2v) is 10.6. The van der Waals surface area contributed by atoms with E-state index in [0.717, 1.165) is 21.4 Å². The number of carbonyl (C=O) groups excluding carboxylic acids is 1. The molecule has 0 spiro atoms. The normalized spacial score (nSPS) is 16.2. The van der Waals surface area contributed by atoms with Crippen LogP contribution in [0.5, 0.6) is 0 Å². The van der Waals surface area contributed by atoms with E-state index in [1.165, 1.54) is 20.2 Å². The van der Waals surface area contributed by atoms with Gasteiger partial charge < -0.3 is 19.2 Å². The van der Waals surface area contributed by atoms with Gasteiger partial charge in [0, 0.05) is 42.0 Å². The van der Waals surface area contributed by atoms with Gasteiger partial charge >= 0.3 is 12.8 Å². The lowest BCUT2D eigenvalue weighted by atomic mass is 9.77. The number of anilines is 1. The maximum atomic E-state index is 14.8. The molecule has 4 rings (SSSR count). The van der Waals surface area contributed by atoms with Gasteiger partial charge in [0.2, 0.25) is 0 Å². The van der Waals surface area contributed by atoms with Crippen LogP contribution in [0.25, 0.3) is 11.1 Å². The van der Waals surface area contributed by atoms with Crippen LogP contribution in [0.1, 0.15) is 43.6 Å². The van der Waals surface area contributed by atoms with Gasteiger partial charge in [-0.25, -0.2) is 9.18 Å². The fraction of sp³-hybridized carbons (Fsp3) is 0.346. The zero-order valence-corrected chi connectivity index (χ0v) is 22.5. The molecule has 37 heavy (non-hydrogen) atoms. The summed E-state index contributed by atoms with van der Waals surface area (Å²) in [6.45, 7) is 9.46. The Morgan fingerprint density at radius 2 is 1.68 bits per heavy atom. The molecule has 1 aliphatic heterocycles. The summed E-state index contributed by atoms with van der Waals surface area (Å²) in [6, 6.07) is 7.80. The second-order valence-electron chi connectivity index (χ2n) is 10.2. The number of aromatic nitrogens is 2. The van der Waals surface area contributed by atoms with Gasteiger partial charge in [0.25, 0.3) is 11.5 Å². The highest BCUT2D eigenvalue weighted by atomic mass is 35.5. The molecule has 11 heteroatoms. The summed E-state index contributed by atoms with van der Waals surface area (Å²) >= 11 is 6.81. The maximum absolute atomic E-state index is 14.8. The van der Waals surface area contributed by atoms with E-state index in [2.05, 4.69) is 5.32 Å². The Labute approximate surface area is 219 Å². The number of benzene rings is 2. The van der Waals surface area contributed by atoms with Crippen LogP contribution in [0.4, 0.5) is 10.1 Å². The third-order valence-corrected chi connectivity index (χ3v) is 7.56. The van der Waals surface area contributed by atoms with Gasteiger partial charge in [-0.15, -0.1) is 0 Å². The van der Waals surface area contributed by atoms with Crippen molar-refractivity contribution in [2.24, 2.45) is 14.1 Å². The Bertz CT molecular complexity index is 1530. The minimum atomic E-state index is -0.770. The van der Waals surface area contributed by atoms with Crippen LogP contribution in [0.15, 0.2) is 46.1 Å². The van der Waals surface area contributed by atoms with Crippen molar-refractivity contribution in [3.05, 3.63) is 79.3 Å². The first-order valence-corrected chi connectivity index (χ1v) is 12.0. The van der Waals surface area contributed by atoms with Gasteiger partial charge in [-0.2, -0.15) is 0 Å². The van der Waals surface area contributed by atoms with Crippen LogP contribution in [-0.2, 0) is 23.4 Å². The van der Waals surface area contributed by atoms with Crippen LogP contribution in [0, 0.1) is 12.7 Å². The molecule has 194 valence electrons. The molecule has 0 atom stereocenters. The summed E-state index contributed by atoms with van der Waals surface area (Å²) in [5.74, 6) is -1.38. The number of amides is 1. The van der Waals surface area contributed by atoms with Crippen molar-refractivity contribution in [1.29, 1.82) is 0 Å². The standard InChI is InChI=1S/C26H28BClFN3O5/c1-14-17(16-9-8-10-19(21(16)28)27-36-25(2,3)26(4,5)37-27)11-15(29)12-20(14)30-22(33)18-13-31(6)24(35)32(7)23(18)34/h8-13H,1-7H3,(H,30,33). The van der Waals surface area contributed by atoms with Crippen LogP contribution in [0.3, 0.4) is 0 Å². The molecular weight excluding hydrogens is 500 g/mol. The summed E-state index contributed by atoms with van der Waals surface area (Å²) < 4.78 is 29.0. The first kappa shape index (κ1) is 26.8. The fourth-order valence-corrected chi connectivity index (χ4v) is 4.47. The minimum absolute atomic E-state index is 0.160. The van der Waals surface area contributed by atoms with Crippen molar-refractivity contribution in [2.45, 2.75) is 45.8 Å². The molecule has 1 aromatic heterocycles. The predicted molar refractivity (Wildman–Crippen MR) is 142 cm³/mol. The molecular formula is C26H28BClFN3O5. The van der Waals surface area contributed by atoms with E-state index >= 15 is 0 Å². The van der Waals surface area contributed by atoms with Crippen molar-refractivity contribution in [3.8, 4) is 11.1 Å². The lowest BCUT2D eigenvalue weighted by molar-refractivity contribution is 0.00578. The first-order chi connectivity index (χ1) is 17.1. The molecule has 1 aliphatic rings. The summed E-state index contributed by atoms with van der Waals surface area (Å²) in [5, 5.41) is 2.94.